The van der Waals surface area contributed by atoms with Gasteiger partial charge in [-0.1, -0.05) is 128 Å². The van der Waals surface area contributed by atoms with Crippen LogP contribution in [0.15, 0.2) is 146 Å². The summed E-state index contributed by atoms with van der Waals surface area (Å²) in [5.74, 6) is 1.02. The SMILES string of the molecule is C=Cc1c(/C=C\C)c(-c2ccc(-n3c(C4=CC=CCC4)nc4ccccc43)cc2)c2ccccc2c1-c1ccc2ccccc2c1. The Morgan fingerprint density at radius 1 is 0.717 bits per heavy atom. The summed E-state index contributed by atoms with van der Waals surface area (Å²) in [6.07, 6.45) is 15.0. The van der Waals surface area contributed by atoms with Crippen molar-refractivity contribution in [1.82, 2.24) is 9.55 Å². The van der Waals surface area contributed by atoms with Gasteiger partial charge in [-0.15, -0.1) is 0 Å². The number of imidazole rings is 1. The highest BCUT2D eigenvalue weighted by molar-refractivity contribution is 6.12. The monoisotopic (exact) mass is 590 g/mol. The van der Waals surface area contributed by atoms with Gasteiger partial charge in [0.1, 0.15) is 5.82 Å². The molecule has 0 saturated carbocycles. The molecule has 1 aliphatic rings. The quantitative estimate of drug-likeness (QED) is 0.188. The second kappa shape index (κ2) is 11.6. The van der Waals surface area contributed by atoms with Gasteiger partial charge in [0.05, 0.1) is 11.0 Å². The first kappa shape index (κ1) is 27.8. The second-order valence-corrected chi connectivity index (χ2v) is 11.9. The van der Waals surface area contributed by atoms with Crippen molar-refractivity contribution in [2.45, 2.75) is 19.8 Å². The third-order valence-corrected chi connectivity index (χ3v) is 9.15. The van der Waals surface area contributed by atoms with E-state index in [0.29, 0.717) is 0 Å². The number of fused-ring (bicyclic) bond motifs is 3. The van der Waals surface area contributed by atoms with Gasteiger partial charge in [0.25, 0.3) is 0 Å². The van der Waals surface area contributed by atoms with Crippen LogP contribution in [0.3, 0.4) is 0 Å². The summed E-state index contributed by atoms with van der Waals surface area (Å²) < 4.78 is 2.31. The van der Waals surface area contributed by atoms with Gasteiger partial charge in [0.2, 0.25) is 0 Å². The Balaban J connectivity index is 1.34. The fourth-order valence-corrected chi connectivity index (χ4v) is 7.07. The molecule has 0 amide bonds. The fraction of sp³-hybridized carbons (Fsp3) is 0.0682. The molecule has 0 fully saturated rings. The van der Waals surface area contributed by atoms with Crippen molar-refractivity contribution < 1.29 is 0 Å². The van der Waals surface area contributed by atoms with Gasteiger partial charge >= 0.3 is 0 Å². The van der Waals surface area contributed by atoms with E-state index < -0.39 is 0 Å². The van der Waals surface area contributed by atoms with E-state index in [0.717, 1.165) is 41.0 Å². The van der Waals surface area contributed by atoms with Gasteiger partial charge in [-0.3, -0.25) is 4.57 Å². The predicted molar refractivity (Wildman–Crippen MR) is 198 cm³/mol. The largest absolute Gasteiger partial charge is 0.293 e. The molecule has 1 aromatic heterocycles. The minimum absolute atomic E-state index is 0.991. The van der Waals surface area contributed by atoms with E-state index in [2.05, 4.69) is 164 Å². The number of para-hydroxylation sites is 2. The lowest BCUT2D eigenvalue weighted by Crippen LogP contribution is -2.02. The van der Waals surface area contributed by atoms with Crippen LogP contribution in [0, 0.1) is 0 Å². The average Bonchev–Trinajstić information content (AvgIpc) is 3.51. The third kappa shape index (κ3) is 4.62. The lowest BCUT2D eigenvalue weighted by atomic mass is 9.83. The zero-order valence-corrected chi connectivity index (χ0v) is 25.9. The molecule has 0 saturated heterocycles. The number of rotatable bonds is 6. The molecule has 1 aliphatic carbocycles. The minimum Gasteiger partial charge on any atom is -0.293 e. The maximum absolute atomic E-state index is 5.09. The van der Waals surface area contributed by atoms with E-state index in [1.54, 1.807) is 0 Å². The fourth-order valence-electron chi connectivity index (χ4n) is 7.07. The van der Waals surface area contributed by atoms with Crippen molar-refractivity contribution in [3.63, 3.8) is 0 Å². The molecule has 7 aromatic rings. The van der Waals surface area contributed by atoms with Crippen LogP contribution in [0.1, 0.15) is 36.7 Å². The van der Waals surface area contributed by atoms with Crippen LogP contribution in [0.4, 0.5) is 0 Å². The van der Waals surface area contributed by atoms with Crippen LogP contribution in [-0.4, -0.2) is 9.55 Å². The molecule has 8 rings (SSSR count). The maximum atomic E-state index is 5.09. The van der Waals surface area contributed by atoms with Crippen LogP contribution in [0.2, 0.25) is 0 Å². The molecule has 46 heavy (non-hydrogen) atoms. The Labute approximate surface area is 270 Å². The molecule has 220 valence electrons. The average molecular weight is 591 g/mol. The summed E-state index contributed by atoms with van der Waals surface area (Å²) in [4.78, 5) is 5.09. The molecule has 0 unspecified atom stereocenters. The molecule has 0 atom stereocenters. The standard InChI is InChI=1S/C44H34N2/c1-3-14-37-36(4-2)43(34-24-23-30-15-8-9-18-33(30)29-34)39-20-11-10-19-38(39)42(37)31-25-27-35(28-26-31)46-41-22-13-12-21-40(41)45-44(46)32-16-6-5-7-17-32/h3-6,8-16,18-29H,2,7,17H2,1H3/b14-3-. The Hall–Kier alpha value is -5.73. The van der Waals surface area contributed by atoms with E-state index in [4.69, 9.17) is 4.98 Å². The van der Waals surface area contributed by atoms with Crippen LogP contribution < -0.4 is 0 Å². The number of hydrogen-bond acceptors (Lipinski definition) is 1. The van der Waals surface area contributed by atoms with Gasteiger partial charge in [-0.25, -0.2) is 4.98 Å². The topological polar surface area (TPSA) is 17.8 Å². The van der Waals surface area contributed by atoms with Crippen LogP contribution in [0.25, 0.3) is 78.2 Å². The van der Waals surface area contributed by atoms with E-state index in [1.807, 2.05) is 6.08 Å². The zero-order valence-electron chi connectivity index (χ0n) is 25.9. The molecule has 2 heteroatoms. The molecular weight excluding hydrogens is 556 g/mol. The highest BCUT2D eigenvalue weighted by Gasteiger charge is 2.20. The highest BCUT2D eigenvalue weighted by Crippen LogP contribution is 2.44. The summed E-state index contributed by atoms with van der Waals surface area (Å²) in [5.41, 5.74) is 11.6. The van der Waals surface area contributed by atoms with Gasteiger partial charge in [-0.2, -0.15) is 0 Å². The van der Waals surface area contributed by atoms with Crippen LogP contribution in [-0.2, 0) is 0 Å². The maximum Gasteiger partial charge on any atom is 0.141 e. The van der Waals surface area contributed by atoms with Crippen LogP contribution >= 0.6 is 0 Å². The first-order chi connectivity index (χ1) is 22.7. The second-order valence-electron chi connectivity index (χ2n) is 11.9. The Morgan fingerprint density at radius 2 is 1.41 bits per heavy atom. The zero-order chi connectivity index (χ0) is 31.0. The lowest BCUT2D eigenvalue weighted by Gasteiger charge is -2.21. The van der Waals surface area contributed by atoms with Crippen LogP contribution in [0.5, 0.6) is 0 Å². The molecule has 0 aliphatic heterocycles. The molecule has 0 bridgehead atoms. The van der Waals surface area contributed by atoms with E-state index in [9.17, 15) is 0 Å². The van der Waals surface area contributed by atoms with E-state index in [1.165, 1.54) is 54.9 Å². The summed E-state index contributed by atoms with van der Waals surface area (Å²) in [5, 5.41) is 4.93. The first-order valence-electron chi connectivity index (χ1n) is 16.0. The van der Waals surface area contributed by atoms with Gasteiger partial charge in [0.15, 0.2) is 0 Å². The van der Waals surface area contributed by atoms with Crippen molar-refractivity contribution >= 4 is 50.3 Å². The first-order valence-corrected chi connectivity index (χ1v) is 16.0. The number of nitrogens with zero attached hydrogens (tertiary/aromatic N) is 2. The molecular formula is C44H34N2. The molecule has 6 aromatic carbocycles. The molecule has 0 N–H and O–H groups in total. The smallest absolute Gasteiger partial charge is 0.141 e. The van der Waals surface area contributed by atoms with E-state index >= 15 is 0 Å². The van der Waals surface area contributed by atoms with E-state index in [-0.39, 0.29) is 0 Å². The summed E-state index contributed by atoms with van der Waals surface area (Å²) in [6.45, 7) is 6.43. The molecule has 0 spiro atoms. The van der Waals surface area contributed by atoms with Crippen molar-refractivity contribution in [1.29, 1.82) is 0 Å². The van der Waals surface area contributed by atoms with Crippen molar-refractivity contribution in [2.75, 3.05) is 0 Å². The van der Waals surface area contributed by atoms with Gasteiger partial charge < -0.3 is 0 Å². The Kier molecular flexibility index (Phi) is 7.04. The van der Waals surface area contributed by atoms with Gasteiger partial charge in [-0.05, 0) is 111 Å². The Bertz CT molecular complexity index is 2380. The summed E-state index contributed by atoms with van der Waals surface area (Å²) in [6, 6.07) is 41.6. The number of hydrogen-bond donors (Lipinski definition) is 0. The summed E-state index contributed by atoms with van der Waals surface area (Å²) in [7, 11) is 0. The number of aromatic nitrogens is 2. The number of benzene rings is 6. The van der Waals surface area contributed by atoms with Crippen molar-refractivity contribution in [2.24, 2.45) is 0 Å². The molecule has 1 heterocycles. The lowest BCUT2D eigenvalue weighted by molar-refractivity contribution is 0.982. The highest BCUT2D eigenvalue weighted by atomic mass is 15.1. The molecule has 0 radical (unpaired) electrons. The van der Waals surface area contributed by atoms with Gasteiger partial charge in [0, 0.05) is 5.69 Å². The van der Waals surface area contributed by atoms with Crippen molar-refractivity contribution in [3.05, 3.63) is 163 Å². The normalized spacial score (nSPS) is 13.2. The predicted octanol–water partition coefficient (Wildman–Crippen LogP) is 12.1. The Morgan fingerprint density at radius 3 is 2.15 bits per heavy atom. The molecule has 2 nitrogen and oxygen atoms in total. The summed E-state index contributed by atoms with van der Waals surface area (Å²) >= 11 is 0. The number of allylic oxidation sites excluding steroid dienone is 5. The minimum atomic E-state index is 0.991. The third-order valence-electron chi connectivity index (χ3n) is 9.15. The van der Waals surface area contributed by atoms with Crippen molar-refractivity contribution in [3.8, 4) is 27.9 Å².